The van der Waals surface area contributed by atoms with Crippen LogP contribution in [0.4, 0.5) is 13.2 Å². The van der Waals surface area contributed by atoms with Gasteiger partial charge in [-0.2, -0.15) is 18.3 Å². The number of para-hydroxylation sites is 1. The van der Waals surface area contributed by atoms with E-state index in [-0.39, 0.29) is 11.1 Å². The Morgan fingerprint density at radius 3 is 2.48 bits per heavy atom. The van der Waals surface area contributed by atoms with Crippen LogP contribution < -0.4 is 0 Å². The fourth-order valence-corrected chi connectivity index (χ4v) is 4.90. The van der Waals surface area contributed by atoms with Crippen molar-refractivity contribution in [2.45, 2.75) is 18.7 Å². The van der Waals surface area contributed by atoms with Crippen LogP contribution in [0.2, 0.25) is 0 Å². The topological polar surface area (TPSA) is 43.0 Å². The van der Waals surface area contributed by atoms with Gasteiger partial charge in [0.25, 0.3) is 0 Å². The highest BCUT2D eigenvalue weighted by Crippen LogP contribution is 2.47. The predicted octanol–water partition coefficient (Wildman–Crippen LogP) is 5.69. The summed E-state index contributed by atoms with van der Waals surface area (Å²) < 4.78 is 46.5. The zero-order valence-corrected chi connectivity index (χ0v) is 17.5. The van der Waals surface area contributed by atoms with Crippen molar-refractivity contribution in [3.05, 3.63) is 83.0 Å². The highest BCUT2D eigenvalue weighted by molar-refractivity contribution is 7.14. The van der Waals surface area contributed by atoms with Crippen molar-refractivity contribution in [3.63, 3.8) is 0 Å². The first-order chi connectivity index (χ1) is 14.7. The molecule has 3 heterocycles. The number of aromatic nitrogens is 3. The molecule has 0 saturated heterocycles. The van der Waals surface area contributed by atoms with Gasteiger partial charge in [-0.15, -0.1) is 11.3 Å². The molecule has 0 fully saturated rings. The number of thiophene rings is 1. The van der Waals surface area contributed by atoms with E-state index in [0.717, 1.165) is 9.88 Å². The minimum Gasteiger partial charge on any atom is -0.372 e. The van der Waals surface area contributed by atoms with E-state index in [1.54, 1.807) is 58.0 Å². The van der Waals surface area contributed by atoms with Gasteiger partial charge in [-0.3, -0.25) is 0 Å². The Bertz CT molecular complexity index is 1430. The number of fused-ring (bicyclic) bond motifs is 2. The molecule has 0 bridgehead atoms. The smallest absolute Gasteiger partial charge is 0.372 e. The lowest BCUT2D eigenvalue weighted by Gasteiger charge is -2.31. The summed E-state index contributed by atoms with van der Waals surface area (Å²) in [6, 6.07) is 14.9. The Labute approximate surface area is 179 Å². The molecule has 2 aromatic carbocycles. The van der Waals surface area contributed by atoms with Gasteiger partial charge in [0.05, 0.1) is 11.7 Å². The standard InChI is InChI=1S/C23H18F3N3OS/c1-14-7-10-21(31-14)29-19-9-8-16(11-15(19)12-27-29)22(30,23(24,25)26)18-13-28(2)20-6-4-3-5-17(18)20/h3-13,30H,1-2H3. The van der Waals surface area contributed by atoms with E-state index >= 15 is 0 Å². The molecule has 5 aromatic rings. The van der Waals surface area contributed by atoms with Crippen molar-refractivity contribution in [1.29, 1.82) is 0 Å². The highest BCUT2D eigenvalue weighted by Gasteiger charge is 2.57. The van der Waals surface area contributed by atoms with Gasteiger partial charge in [0.15, 0.2) is 0 Å². The van der Waals surface area contributed by atoms with Crippen molar-refractivity contribution in [2.75, 3.05) is 0 Å². The second kappa shape index (κ2) is 6.70. The van der Waals surface area contributed by atoms with Crippen LogP contribution in [0.1, 0.15) is 16.0 Å². The maximum absolute atomic E-state index is 14.4. The van der Waals surface area contributed by atoms with Crippen LogP contribution in [0.25, 0.3) is 26.8 Å². The number of benzene rings is 2. The molecule has 4 nitrogen and oxygen atoms in total. The molecule has 31 heavy (non-hydrogen) atoms. The minimum absolute atomic E-state index is 0.196. The quantitative estimate of drug-likeness (QED) is 0.391. The molecule has 158 valence electrons. The summed E-state index contributed by atoms with van der Waals surface area (Å²) in [4.78, 5) is 1.11. The summed E-state index contributed by atoms with van der Waals surface area (Å²) in [7, 11) is 1.67. The van der Waals surface area contributed by atoms with Gasteiger partial charge in [0, 0.05) is 40.0 Å². The molecule has 1 atom stereocenters. The third kappa shape index (κ3) is 2.90. The monoisotopic (exact) mass is 441 g/mol. The number of rotatable bonds is 3. The van der Waals surface area contributed by atoms with E-state index in [1.807, 2.05) is 19.1 Å². The SMILES string of the molecule is Cc1ccc(-n2ncc3cc(C(O)(c4cn(C)c5ccccc45)C(F)(F)F)ccc32)s1. The van der Waals surface area contributed by atoms with Gasteiger partial charge in [0.2, 0.25) is 5.60 Å². The number of aryl methyl sites for hydroxylation is 2. The van der Waals surface area contributed by atoms with Crippen LogP contribution in [-0.4, -0.2) is 25.6 Å². The van der Waals surface area contributed by atoms with Crippen molar-refractivity contribution in [2.24, 2.45) is 7.05 Å². The minimum atomic E-state index is -4.92. The zero-order valence-electron chi connectivity index (χ0n) is 16.7. The first kappa shape index (κ1) is 19.8. The molecule has 0 aliphatic rings. The lowest BCUT2D eigenvalue weighted by molar-refractivity contribution is -0.247. The molecular weight excluding hydrogens is 423 g/mol. The number of aliphatic hydroxyl groups is 1. The van der Waals surface area contributed by atoms with Crippen LogP contribution in [-0.2, 0) is 12.6 Å². The third-order valence-electron chi connectivity index (χ3n) is 5.62. The number of alkyl halides is 3. The predicted molar refractivity (Wildman–Crippen MR) is 116 cm³/mol. The lowest BCUT2D eigenvalue weighted by Crippen LogP contribution is -2.43. The molecule has 0 aliphatic heterocycles. The van der Waals surface area contributed by atoms with Gasteiger partial charge < -0.3 is 9.67 Å². The Morgan fingerprint density at radius 1 is 1.00 bits per heavy atom. The van der Waals surface area contributed by atoms with Gasteiger partial charge in [-0.25, -0.2) is 4.68 Å². The average molecular weight is 441 g/mol. The molecule has 1 N–H and O–H groups in total. The molecule has 0 aliphatic carbocycles. The van der Waals surface area contributed by atoms with Crippen LogP contribution in [0.3, 0.4) is 0 Å². The highest BCUT2D eigenvalue weighted by atomic mass is 32.1. The number of nitrogens with zero attached hydrogens (tertiary/aromatic N) is 3. The fraction of sp³-hybridized carbons (Fsp3) is 0.174. The summed E-state index contributed by atoms with van der Waals surface area (Å²) in [5.41, 5.74) is -2.32. The van der Waals surface area contributed by atoms with Crippen molar-refractivity contribution >= 4 is 33.1 Å². The van der Waals surface area contributed by atoms with Crippen molar-refractivity contribution in [3.8, 4) is 5.00 Å². The van der Waals surface area contributed by atoms with Crippen LogP contribution in [0, 0.1) is 6.92 Å². The van der Waals surface area contributed by atoms with E-state index in [9.17, 15) is 18.3 Å². The summed E-state index contributed by atoms with van der Waals surface area (Å²) in [6.45, 7) is 1.98. The van der Waals surface area contributed by atoms with Gasteiger partial charge >= 0.3 is 6.18 Å². The molecule has 1 unspecified atom stereocenters. The normalized spacial score (nSPS) is 14.4. The fourth-order valence-electron chi connectivity index (χ4n) is 4.07. The van der Waals surface area contributed by atoms with E-state index in [4.69, 9.17) is 0 Å². The second-order valence-corrected chi connectivity index (χ2v) is 8.86. The number of hydrogen-bond donors (Lipinski definition) is 1. The molecular formula is C23H18F3N3OS. The molecule has 0 amide bonds. The number of halogens is 3. The largest absolute Gasteiger partial charge is 0.425 e. The molecule has 8 heteroatoms. The van der Waals surface area contributed by atoms with E-state index < -0.39 is 11.8 Å². The summed E-state index contributed by atoms with van der Waals surface area (Å²) in [6.07, 6.45) is -2.06. The van der Waals surface area contributed by atoms with Gasteiger partial charge in [0.1, 0.15) is 5.00 Å². The molecule has 0 spiro atoms. The zero-order chi connectivity index (χ0) is 22.0. The maximum atomic E-state index is 14.4. The summed E-state index contributed by atoms with van der Waals surface area (Å²) in [5, 5.41) is 17.3. The Morgan fingerprint density at radius 2 is 1.77 bits per heavy atom. The van der Waals surface area contributed by atoms with Crippen molar-refractivity contribution in [1.82, 2.24) is 14.3 Å². The lowest BCUT2D eigenvalue weighted by atomic mass is 9.85. The first-order valence-corrected chi connectivity index (χ1v) is 10.4. The summed E-state index contributed by atoms with van der Waals surface area (Å²) >= 11 is 1.54. The van der Waals surface area contributed by atoms with Crippen molar-refractivity contribution < 1.29 is 18.3 Å². The average Bonchev–Trinajstić information content (AvgIpc) is 3.43. The molecule has 5 rings (SSSR count). The molecule has 0 radical (unpaired) electrons. The van der Waals surface area contributed by atoms with E-state index in [1.165, 1.54) is 24.5 Å². The summed E-state index contributed by atoms with van der Waals surface area (Å²) in [5.74, 6) is 0. The number of hydrogen-bond acceptors (Lipinski definition) is 3. The van der Waals surface area contributed by atoms with Crippen LogP contribution in [0.5, 0.6) is 0 Å². The Balaban J connectivity index is 1.73. The maximum Gasteiger partial charge on any atom is 0.425 e. The molecule has 0 saturated carbocycles. The third-order valence-corrected chi connectivity index (χ3v) is 6.59. The first-order valence-electron chi connectivity index (χ1n) is 9.59. The Kier molecular flexibility index (Phi) is 4.29. The van der Waals surface area contributed by atoms with Gasteiger partial charge in [-0.1, -0.05) is 24.3 Å². The second-order valence-electron chi connectivity index (χ2n) is 7.59. The molecule has 3 aromatic heterocycles. The van der Waals surface area contributed by atoms with Crippen LogP contribution in [0.15, 0.2) is 67.0 Å². The Hall–Kier alpha value is -3.10. The van der Waals surface area contributed by atoms with E-state index in [0.29, 0.717) is 21.8 Å². The van der Waals surface area contributed by atoms with E-state index in [2.05, 4.69) is 5.10 Å². The van der Waals surface area contributed by atoms with Crippen LogP contribution >= 0.6 is 11.3 Å². The van der Waals surface area contributed by atoms with Gasteiger partial charge in [-0.05, 0) is 42.8 Å².